The van der Waals surface area contributed by atoms with Crippen LogP contribution in [0.4, 0.5) is 0 Å². The van der Waals surface area contributed by atoms with E-state index < -0.39 is 0 Å². The topological polar surface area (TPSA) is 12.4 Å². The maximum atomic E-state index is 4.12. The van der Waals surface area contributed by atoms with Crippen LogP contribution in [0.25, 0.3) is 0 Å². The Morgan fingerprint density at radius 2 is 2.00 bits per heavy atom. The lowest BCUT2D eigenvalue weighted by molar-refractivity contribution is 1.26. The molecule has 0 bridgehead atoms. The molecule has 0 aliphatic carbocycles. The van der Waals surface area contributed by atoms with Gasteiger partial charge in [-0.05, 0) is 5.56 Å². The van der Waals surface area contributed by atoms with Gasteiger partial charge in [0.15, 0.2) is 0 Å². The minimum Gasteiger partial charge on any atom is -0.288 e. The first-order valence-corrected chi connectivity index (χ1v) is 3.59. The van der Waals surface area contributed by atoms with Crippen molar-refractivity contribution < 1.29 is 0 Å². The highest BCUT2D eigenvalue weighted by molar-refractivity contribution is 5.79. The van der Waals surface area contributed by atoms with Crippen LogP contribution in [-0.2, 0) is 0 Å². The van der Waals surface area contributed by atoms with E-state index in [1.54, 1.807) is 6.08 Å². The molecule has 1 rings (SSSR count). The van der Waals surface area contributed by atoms with Crippen LogP contribution < -0.4 is 0 Å². The highest BCUT2D eigenvalue weighted by Gasteiger charge is 1.80. The molecule has 1 nitrogen and oxygen atoms in total. The van der Waals surface area contributed by atoms with Gasteiger partial charge in [0, 0.05) is 6.21 Å². The normalized spacial score (nSPS) is 10.2. The Balaban J connectivity index is 2.57. The van der Waals surface area contributed by atoms with Gasteiger partial charge in [-0.3, -0.25) is 4.99 Å². The Morgan fingerprint density at radius 3 is 2.64 bits per heavy atom. The van der Waals surface area contributed by atoms with Crippen LogP contribution >= 0.6 is 0 Å². The molecule has 56 valence electrons. The second-order valence-electron chi connectivity index (χ2n) is 2.19. The number of hydrogen-bond acceptors (Lipinski definition) is 1. The van der Waals surface area contributed by atoms with Crippen molar-refractivity contribution in [1.82, 2.24) is 0 Å². The maximum absolute atomic E-state index is 4.12. The molecule has 0 aliphatic rings. The number of aliphatic imine (C=N–C) groups is 1. The molecule has 0 atom stereocenters. The van der Waals surface area contributed by atoms with Crippen LogP contribution in [0.2, 0.25) is 0 Å². The van der Waals surface area contributed by atoms with Gasteiger partial charge in [-0.2, -0.15) is 0 Å². The fourth-order valence-electron chi connectivity index (χ4n) is 0.772. The molecule has 0 aromatic heterocycles. The van der Waals surface area contributed by atoms with Gasteiger partial charge in [-0.25, -0.2) is 0 Å². The van der Waals surface area contributed by atoms with Crippen molar-refractivity contribution in [3.8, 4) is 0 Å². The summed E-state index contributed by atoms with van der Waals surface area (Å²) in [6.07, 6.45) is 3.63. The summed E-state index contributed by atoms with van der Waals surface area (Å²) >= 11 is 0. The fraction of sp³-hybridized carbons (Fsp3) is 0.100. The van der Waals surface area contributed by atoms with Gasteiger partial charge >= 0.3 is 0 Å². The van der Waals surface area contributed by atoms with Crippen molar-refractivity contribution >= 4 is 6.21 Å². The Kier molecular flexibility index (Phi) is 3.13. The van der Waals surface area contributed by atoms with E-state index in [9.17, 15) is 0 Å². The van der Waals surface area contributed by atoms with Crippen molar-refractivity contribution in [1.29, 1.82) is 0 Å². The molecule has 1 heteroatoms. The molecule has 1 aromatic carbocycles. The van der Waals surface area contributed by atoms with Crippen LogP contribution in [0.3, 0.4) is 0 Å². The first-order chi connectivity index (χ1) is 5.43. The third kappa shape index (κ3) is 2.80. The van der Waals surface area contributed by atoms with E-state index >= 15 is 0 Å². The van der Waals surface area contributed by atoms with Gasteiger partial charge in [-0.15, -0.1) is 6.58 Å². The zero-order valence-electron chi connectivity index (χ0n) is 6.40. The van der Waals surface area contributed by atoms with Gasteiger partial charge in [-0.1, -0.05) is 36.4 Å². The molecule has 0 spiro atoms. The Bertz CT molecular complexity index is 236. The highest BCUT2D eigenvalue weighted by Crippen LogP contribution is 1.93. The molecule has 0 N–H and O–H groups in total. The van der Waals surface area contributed by atoms with Gasteiger partial charge in [0.2, 0.25) is 0 Å². The quantitative estimate of drug-likeness (QED) is 0.457. The van der Waals surface area contributed by atoms with Crippen LogP contribution in [0.1, 0.15) is 5.56 Å². The first kappa shape index (κ1) is 7.73. The van der Waals surface area contributed by atoms with Gasteiger partial charge in [0.1, 0.15) is 0 Å². The van der Waals surface area contributed by atoms with Crippen LogP contribution in [0.5, 0.6) is 0 Å². The van der Waals surface area contributed by atoms with E-state index in [1.165, 1.54) is 0 Å². The molecule has 11 heavy (non-hydrogen) atoms. The molecule has 1 aromatic rings. The second-order valence-corrected chi connectivity index (χ2v) is 2.19. The van der Waals surface area contributed by atoms with Crippen molar-refractivity contribution in [3.63, 3.8) is 0 Å². The van der Waals surface area contributed by atoms with Crippen LogP contribution in [-0.4, -0.2) is 12.8 Å². The minimum absolute atomic E-state index is 0.689. The summed E-state index contributed by atoms with van der Waals surface area (Å²) in [5, 5.41) is 0. The summed E-state index contributed by atoms with van der Waals surface area (Å²) in [6, 6.07) is 10.0. The standard InChI is InChI=1S/C10H11N/c1-2-8-11-9-10-6-4-3-5-7-10/h2-7,9H,1,8H2/b11-9+. The largest absolute Gasteiger partial charge is 0.288 e. The van der Waals surface area contributed by atoms with Gasteiger partial charge in [0.25, 0.3) is 0 Å². The van der Waals surface area contributed by atoms with Gasteiger partial charge in [0.05, 0.1) is 6.54 Å². The highest BCUT2D eigenvalue weighted by atomic mass is 14.7. The Morgan fingerprint density at radius 1 is 1.27 bits per heavy atom. The zero-order valence-corrected chi connectivity index (χ0v) is 6.40. The predicted octanol–water partition coefficient (Wildman–Crippen LogP) is 2.29. The van der Waals surface area contributed by atoms with Crippen molar-refractivity contribution in [2.45, 2.75) is 0 Å². The summed E-state index contributed by atoms with van der Waals surface area (Å²) in [6.45, 7) is 4.27. The van der Waals surface area contributed by atoms with Crippen molar-refractivity contribution in [3.05, 3.63) is 48.6 Å². The number of benzene rings is 1. The molecule has 0 aliphatic heterocycles. The van der Waals surface area contributed by atoms with Gasteiger partial charge < -0.3 is 0 Å². The lowest BCUT2D eigenvalue weighted by Crippen LogP contribution is -1.79. The molecule has 0 saturated heterocycles. The molecular formula is C10H11N. The number of rotatable bonds is 3. The average molecular weight is 145 g/mol. The minimum atomic E-state index is 0.689. The summed E-state index contributed by atoms with van der Waals surface area (Å²) in [5.41, 5.74) is 1.13. The maximum Gasteiger partial charge on any atom is 0.0567 e. The summed E-state index contributed by atoms with van der Waals surface area (Å²) in [5.74, 6) is 0. The monoisotopic (exact) mass is 145 g/mol. The molecule has 0 fully saturated rings. The van der Waals surface area contributed by atoms with Crippen LogP contribution in [0.15, 0.2) is 48.0 Å². The Labute approximate surface area is 67.1 Å². The summed E-state index contributed by atoms with van der Waals surface area (Å²) in [7, 11) is 0. The number of nitrogens with zero attached hydrogens (tertiary/aromatic N) is 1. The predicted molar refractivity (Wildman–Crippen MR) is 49.1 cm³/mol. The van der Waals surface area contributed by atoms with E-state index in [0.717, 1.165) is 5.56 Å². The van der Waals surface area contributed by atoms with Crippen molar-refractivity contribution in [2.75, 3.05) is 6.54 Å². The molecule has 0 saturated carbocycles. The van der Waals surface area contributed by atoms with E-state index in [4.69, 9.17) is 0 Å². The molecule has 0 unspecified atom stereocenters. The van der Waals surface area contributed by atoms with E-state index in [1.807, 2.05) is 36.5 Å². The lowest BCUT2D eigenvalue weighted by Gasteiger charge is -1.88. The van der Waals surface area contributed by atoms with E-state index in [2.05, 4.69) is 11.6 Å². The van der Waals surface area contributed by atoms with E-state index in [0.29, 0.717) is 6.54 Å². The molecule has 0 heterocycles. The molecule has 0 amide bonds. The van der Waals surface area contributed by atoms with Crippen molar-refractivity contribution in [2.24, 2.45) is 4.99 Å². The lowest BCUT2D eigenvalue weighted by atomic mass is 10.2. The third-order valence-electron chi connectivity index (χ3n) is 1.27. The summed E-state index contributed by atoms with van der Waals surface area (Å²) in [4.78, 5) is 4.12. The third-order valence-corrected chi connectivity index (χ3v) is 1.27. The first-order valence-electron chi connectivity index (χ1n) is 3.59. The average Bonchev–Trinajstić information content (AvgIpc) is 2.07. The number of hydrogen-bond donors (Lipinski definition) is 0. The molecular weight excluding hydrogens is 134 g/mol. The second kappa shape index (κ2) is 4.45. The van der Waals surface area contributed by atoms with Crippen LogP contribution in [0, 0.1) is 0 Å². The summed E-state index contributed by atoms with van der Waals surface area (Å²) < 4.78 is 0. The van der Waals surface area contributed by atoms with E-state index in [-0.39, 0.29) is 0 Å². The SMILES string of the molecule is C=CC/N=C/c1ccccc1. The Hall–Kier alpha value is -1.37. The fourth-order valence-corrected chi connectivity index (χ4v) is 0.772. The smallest absolute Gasteiger partial charge is 0.0567 e. The zero-order chi connectivity index (χ0) is 7.94. The molecule has 0 radical (unpaired) electrons.